The molecule has 0 saturated carbocycles. The van der Waals surface area contributed by atoms with Crippen molar-refractivity contribution in [1.82, 2.24) is 0 Å². The first-order chi connectivity index (χ1) is 7.47. The minimum absolute atomic E-state index is 0.0153. The predicted molar refractivity (Wildman–Crippen MR) is 49.2 cm³/mol. The first-order valence-electron chi connectivity index (χ1n) is 4.62. The summed E-state index contributed by atoms with van der Waals surface area (Å²) in [6, 6.07) is 0. The number of hydrogen-bond donors (Lipinski definition) is 4. The lowest BCUT2D eigenvalue weighted by atomic mass is 9.99. The Balaban J connectivity index is 2.67. The molecule has 0 aliphatic carbocycles. The fraction of sp³-hybridized carbons (Fsp3) is 0.875. The lowest BCUT2D eigenvalue weighted by Crippen LogP contribution is -2.60. The molecule has 1 aliphatic rings. The Morgan fingerprint density at radius 2 is 2.00 bits per heavy atom. The van der Waals surface area contributed by atoms with Crippen LogP contribution in [0.2, 0.25) is 0 Å². The molecule has 5 N–H and O–H groups in total. The van der Waals surface area contributed by atoms with E-state index in [-0.39, 0.29) is 6.61 Å². The average Bonchev–Trinajstić information content (AvgIpc) is 2.21. The SMILES string of the molecule is COCC1OC(O)C(OC(N)=O)C(O)C1O. The Kier molecular flexibility index (Phi) is 4.44. The number of carbonyl (C=O) groups is 1. The third-order valence-electron chi connectivity index (χ3n) is 2.25. The molecule has 94 valence electrons. The van der Waals surface area contributed by atoms with E-state index in [2.05, 4.69) is 4.74 Å². The zero-order chi connectivity index (χ0) is 12.3. The van der Waals surface area contributed by atoms with Crippen LogP contribution in [0.5, 0.6) is 0 Å². The quantitative estimate of drug-likeness (QED) is 0.428. The second kappa shape index (κ2) is 5.41. The molecule has 1 heterocycles. The topological polar surface area (TPSA) is 131 Å². The molecule has 5 unspecified atom stereocenters. The van der Waals surface area contributed by atoms with Crippen molar-refractivity contribution < 1.29 is 34.3 Å². The molecule has 8 nitrogen and oxygen atoms in total. The molecular formula is C8H15NO7. The van der Waals surface area contributed by atoms with Crippen LogP contribution in [0.1, 0.15) is 0 Å². The van der Waals surface area contributed by atoms with Crippen LogP contribution < -0.4 is 5.73 Å². The second-order valence-electron chi connectivity index (χ2n) is 3.40. The Morgan fingerprint density at radius 3 is 2.50 bits per heavy atom. The van der Waals surface area contributed by atoms with E-state index in [0.717, 1.165) is 0 Å². The van der Waals surface area contributed by atoms with Gasteiger partial charge in [0.2, 0.25) is 0 Å². The highest BCUT2D eigenvalue weighted by Crippen LogP contribution is 2.22. The highest BCUT2D eigenvalue weighted by molar-refractivity contribution is 5.64. The predicted octanol–water partition coefficient (Wildman–Crippen LogP) is -2.46. The van der Waals surface area contributed by atoms with Crippen molar-refractivity contribution in [2.24, 2.45) is 5.73 Å². The van der Waals surface area contributed by atoms with Gasteiger partial charge in [0, 0.05) is 7.11 Å². The summed E-state index contributed by atoms with van der Waals surface area (Å²) < 4.78 is 14.1. The van der Waals surface area contributed by atoms with E-state index in [9.17, 15) is 20.1 Å². The summed E-state index contributed by atoms with van der Waals surface area (Å²) in [5.74, 6) is 0. The van der Waals surface area contributed by atoms with Crippen LogP contribution in [0, 0.1) is 0 Å². The number of carbonyl (C=O) groups excluding carboxylic acids is 1. The molecule has 16 heavy (non-hydrogen) atoms. The molecule has 0 radical (unpaired) electrons. The van der Waals surface area contributed by atoms with Crippen LogP contribution in [0.4, 0.5) is 4.79 Å². The molecule has 1 amide bonds. The summed E-state index contributed by atoms with van der Waals surface area (Å²) in [7, 11) is 1.38. The third kappa shape index (κ3) is 2.80. The van der Waals surface area contributed by atoms with Gasteiger partial charge in [-0.1, -0.05) is 0 Å². The van der Waals surface area contributed by atoms with Crippen molar-refractivity contribution in [1.29, 1.82) is 0 Å². The summed E-state index contributed by atoms with van der Waals surface area (Å²) in [5.41, 5.74) is 4.74. The summed E-state index contributed by atoms with van der Waals surface area (Å²) in [6.45, 7) is -0.0153. The summed E-state index contributed by atoms with van der Waals surface area (Å²) >= 11 is 0. The molecule has 1 aliphatic heterocycles. The molecule has 5 atom stereocenters. The standard InChI is InChI=1S/C8H15NO7/c1-14-2-3-4(10)5(11)6(7(12)15-3)16-8(9)13/h3-7,10-12H,2H2,1H3,(H2,9,13). The molecular weight excluding hydrogens is 222 g/mol. The van der Waals surface area contributed by atoms with Crippen molar-refractivity contribution in [3.8, 4) is 0 Å². The van der Waals surface area contributed by atoms with Gasteiger partial charge in [-0.2, -0.15) is 0 Å². The Morgan fingerprint density at radius 1 is 1.38 bits per heavy atom. The van der Waals surface area contributed by atoms with E-state index in [0.29, 0.717) is 0 Å². The first-order valence-corrected chi connectivity index (χ1v) is 4.62. The number of aliphatic hydroxyl groups is 3. The van der Waals surface area contributed by atoms with Gasteiger partial charge >= 0.3 is 6.09 Å². The number of methoxy groups -OCH3 is 1. The molecule has 0 spiro atoms. The average molecular weight is 237 g/mol. The summed E-state index contributed by atoms with van der Waals surface area (Å²) in [6.07, 6.45) is -7.89. The zero-order valence-corrected chi connectivity index (χ0v) is 8.65. The molecule has 0 aromatic rings. The Labute approximate surface area is 91.5 Å². The van der Waals surface area contributed by atoms with Crippen molar-refractivity contribution in [2.45, 2.75) is 30.7 Å². The number of aliphatic hydroxyl groups excluding tert-OH is 3. The fourth-order valence-corrected chi connectivity index (χ4v) is 1.48. The maximum atomic E-state index is 10.5. The highest BCUT2D eigenvalue weighted by atomic mass is 16.7. The van der Waals surface area contributed by atoms with Gasteiger partial charge in [0.25, 0.3) is 0 Å². The molecule has 0 aromatic carbocycles. The molecule has 0 bridgehead atoms. The van der Waals surface area contributed by atoms with Gasteiger partial charge in [-0.25, -0.2) is 4.79 Å². The minimum Gasteiger partial charge on any atom is -0.438 e. The fourth-order valence-electron chi connectivity index (χ4n) is 1.48. The zero-order valence-electron chi connectivity index (χ0n) is 8.65. The van der Waals surface area contributed by atoms with Gasteiger partial charge in [-0.15, -0.1) is 0 Å². The molecule has 8 heteroatoms. The van der Waals surface area contributed by atoms with Crippen molar-refractivity contribution >= 4 is 6.09 Å². The smallest absolute Gasteiger partial charge is 0.405 e. The summed E-state index contributed by atoms with van der Waals surface area (Å²) in [5, 5.41) is 28.6. The van der Waals surface area contributed by atoms with Gasteiger partial charge in [-0.05, 0) is 0 Å². The van der Waals surface area contributed by atoms with Crippen LogP contribution in [-0.4, -0.2) is 65.8 Å². The number of hydrogen-bond acceptors (Lipinski definition) is 7. The van der Waals surface area contributed by atoms with Gasteiger partial charge in [-0.3, -0.25) is 0 Å². The van der Waals surface area contributed by atoms with Gasteiger partial charge < -0.3 is 35.3 Å². The third-order valence-corrected chi connectivity index (χ3v) is 2.25. The monoisotopic (exact) mass is 237 g/mol. The van der Waals surface area contributed by atoms with Crippen LogP contribution in [-0.2, 0) is 14.2 Å². The van der Waals surface area contributed by atoms with Gasteiger partial charge in [0.1, 0.15) is 18.3 Å². The van der Waals surface area contributed by atoms with E-state index in [1.807, 2.05) is 0 Å². The Bertz CT molecular complexity index is 249. The maximum Gasteiger partial charge on any atom is 0.405 e. The van der Waals surface area contributed by atoms with E-state index in [4.69, 9.17) is 15.2 Å². The minimum atomic E-state index is -1.56. The first kappa shape index (κ1) is 13.1. The lowest BCUT2D eigenvalue weighted by Gasteiger charge is -2.39. The van der Waals surface area contributed by atoms with Crippen molar-refractivity contribution in [3.05, 3.63) is 0 Å². The van der Waals surface area contributed by atoms with Gasteiger partial charge in [0.15, 0.2) is 12.4 Å². The van der Waals surface area contributed by atoms with Crippen LogP contribution in [0.15, 0.2) is 0 Å². The lowest BCUT2D eigenvalue weighted by molar-refractivity contribution is -0.286. The van der Waals surface area contributed by atoms with Crippen LogP contribution >= 0.6 is 0 Å². The highest BCUT2D eigenvalue weighted by Gasteiger charge is 2.45. The van der Waals surface area contributed by atoms with Gasteiger partial charge in [0.05, 0.1) is 6.61 Å². The second-order valence-corrected chi connectivity index (χ2v) is 3.40. The normalized spacial score (nSPS) is 39.4. The number of ether oxygens (including phenoxy) is 3. The Hall–Kier alpha value is -0.930. The van der Waals surface area contributed by atoms with Crippen molar-refractivity contribution in [2.75, 3.05) is 13.7 Å². The molecule has 0 aromatic heterocycles. The van der Waals surface area contributed by atoms with Crippen LogP contribution in [0.3, 0.4) is 0 Å². The number of nitrogens with two attached hydrogens (primary N) is 1. The van der Waals surface area contributed by atoms with E-state index < -0.39 is 36.8 Å². The number of amides is 1. The van der Waals surface area contributed by atoms with Crippen LogP contribution in [0.25, 0.3) is 0 Å². The maximum absolute atomic E-state index is 10.5. The van der Waals surface area contributed by atoms with E-state index in [1.54, 1.807) is 0 Å². The van der Waals surface area contributed by atoms with Crippen molar-refractivity contribution in [3.63, 3.8) is 0 Å². The number of primary amides is 1. The van der Waals surface area contributed by atoms with E-state index >= 15 is 0 Å². The summed E-state index contributed by atoms with van der Waals surface area (Å²) in [4.78, 5) is 10.5. The molecule has 1 rings (SSSR count). The molecule has 1 saturated heterocycles. The van der Waals surface area contributed by atoms with E-state index in [1.165, 1.54) is 7.11 Å². The number of rotatable bonds is 3. The molecule has 1 fully saturated rings. The largest absolute Gasteiger partial charge is 0.438 e.